The average molecular weight is 560 g/mol. The summed E-state index contributed by atoms with van der Waals surface area (Å²) in [6.45, 7) is -0.0988. The summed E-state index contributed by atoms with van der Waals surface area (Å²) in [6.07, 6.45) is 6.08. The third-order valence-electron chi connectivity index (χ3n) is 6.02. The number of nitrogens with one attached hydrogen (secondary N) is 2. The molecule has 1 aromatic carbocycles. The van der Waals surface area contributed by atoms with E-state index in [0.29, 0.717) is 35.1 Å². The predicted molar refractivity (Wildman–Crippen MR) is 129 cm³/mol. The SMILES string of the molecule is COc1cc(CO)cc(I)c1O[C@H]1C=C(C(=O)NCCO)C[C@@H](NC2CCCCC2)[C@@H]1O. The Kier molecular flexibility index (Phi) is 9.60. The number of ether oxygens (including phenoxy) is 2. The molecule has 1 saturated carbocycles. The van der Waals surface area contributed by atoms with Crippen LogP contribution >= 0.6 is 22.6 Å². The molecular weight excluding hydrogens is 527 g/mol. The predicted octanol–water partition coefficient (Wildman–Crippen LogP) is 1.63. The quantitative estimate of drug-likeness (QED) is 0.292. The van der Waals surface area contributed by atoms with Gasteiger partial charge in [-0.05, 0) is 65.6 Å². The van der Waals surface area contributed by atoms with Crippen molar-refractivity contribution < 1.29 is 29.6 Å². The Morgan fingerprint density at radius 2 is 1.97 bits per heavy atom. The summed E-state index contributed by atoms with van der Waals surface area (Å²) in [5.74, 6) is 0.640. The molecule has 0 aliphatic heterocycles. The molecule has 0 saturated heterocycles. The van der Waals surface area contributed by atoms with Crippen LogP contribution in [0.2, 0.25) is 0 Å². The first-order chi connectivity index (χ1) is 15.5. The van der Waals surface area contributed by atoms with Gasteiger partial charge < -0.3 is 35.4 Å². The van der Waals surface area contributed by atoms with Gasteiger partial charge in [-0.15, -0.1) is 0 Å². The lowest BCUT2D eigenvalue weighted by Gasteiger charge is -2.37. The van der Waals surface area contributed by atoms with Crippen LogP contribution in [0.5, 0.6) is 11.5 Å². The maximum atomic E-state index is 12.7. The van der Waals surface area contributed by atoms with Crippen LogP contribution in [-0.4, -0.2) is 65.8 Å². The monoisotopic (exact) mass is 560 g/mol. The molecule has 8 nitrogen and oxygen atoms in total. The van der Waals surface area contributed by atoms with E-state index in [1.165, 1.54) is 13.5 Å². The summed E-state index contributed by atoms with van der Waals surface area (Å²) in [7, 11) is 1.52. The molecule has 3 rings (SSSR count). The summed E-state index contributed by atoms with van der Waals surface area (Å²) < 4.78 is 12.4. The van der Waals surface area contributed by atoms with Gasteiger partial charge in [0.1, 0.15) is 12.2 Å². The van der Waals surface area contributed by atoms with Gasteiger partial charge >= 0.3 is 0 Å². The molecule has 1 fully saturated rings. The molecule has 1 amide bonds. The second-order valence-electron chi connectivity index (χ2n) is 8.32. The Bertz CT molecular complexity index is 812. The molecule has 0 unspecified atom stereocenters. The van der Waals surface area contributed by atoms with Gasteiger partial charge in [0.25, 0.3) is 0 Å². The fraction of sp³-hybridized carbons (Fsp3) is 0.609. The Hall–Kier alpha value is -1.40. The van der Waals surface area contributed by atoms with E-state index in [1.54, 1.807) is 18.2 Å². The standard InChI is InChI=1S/C23H33IN2O6/c1-31-20-10-14(13-28)9-17(24)22(20)32-19-12-15(23(30)25-7-8-27)11-18(21(19)29)26-16-5-3-2-4-6-16/h9-10,12,16,18-19,21,26-29H,2-8,11,13H2,1H3,(H,25,30)/t18-,19+,21+/m1/s1. The number of carbonyl (C=O) groups excluding carboxylic acids is 1. The van der Waals surface area contributed by atoms with Crippen molar-refractivity contribution in [3.63, 3.8) is 0 Å². The molecule has 1 aromatic rings. The number of amides is 1. The molecule has 0 radical (unpaired) electrons. The molecule has 2 aliphatic rings. The number of halogens is 1. The molecule has 0 spiro atoms. The van der Waals surface area contributed by atoms with Crippen LogP contribution in [0.25, 0.3) is 0 Å². The van der Waals surface area contributed by atoms with Gasteiger partial charge in [-0.3, -0.25) is 4.79 Å². The molecular formula is C23H33IN2O6. The van der Waals surface area contributed by atoms with Crippen LogP contribution in [-0.2, 0) is 11.4 Å². The number of aliphatic hydroxyl groups excluding tert-OH is 3. The lowest BCUT2D eigenvalue weighted by Crippen LogP contribution is -2.54. The molecule has 9 heteroatoms. The number of hydrogen-bond donors (Lipinski definition) is 5. The molecule has 0 aromatic heterocycles. The minimum absolute atomic E-state index is 0.124. The zero-order valence-corrected chi connectivity index (χ0v) is 20.5. The fourth-order valence-electron chi connectivity index (χ4n) is 4.35. The maximum absolute atomic E-state index is 12.7. The van der Waals surface area contributed by atoms with Crippen LogP contribution in [0.15, 0.2) is 23.8 Å². The lowest BCUT2D eigenvalue weighted by molar-refractivity contribution is -0.118. The van der Waals surface area contributed by atoms with Crippen molar-refractivity contribution >= 4 is 28.5 Å². The molecule has 0 heterocycles. The summed E-state index contributed by atoms with van der Waals surface area (Å²) in [6, 6.07) is 3.47. The van der Waals surface area contributed by atoms with Crippen molar-refractivity contribution in [2.75, 3.05) is 20.3 Å². The van der Waals surface area contributed by atoms with Crippen LogP contribution < -0.4 is 20.1 Å². The summed E-state index contributed by atoms with van der Waals surface area (Å²) in [5.41, 5.74) is 1.21. The van der Waals surface area contributed by atoms with Crippen LogP contribution in [0, 0.1) is 3.57 Å². The van der Waals surface area contributed by atoms with E-state index in [-0.39, 0.29) is 31.7 Å². The summed E-state index contributed by atoms with van der Waals surface area (Å²) in [5, 5.41) is 36.0. The van der Waals surface area contributed by atoms with E-state index in [2.05, 4.69) is 33.2 Å². The molecule has 178 valence electrons. The number of hydrogen-bond acceptors (Lipinski definition) is 7. The molecule has 3 atom stereocenters. The topological polar surface area (TPSA) is 120 Å². The van der Waals surface area contributed by atoms with E-state index in [4.69, 9.17) is 14.6 Å². The van der Waals surface area contributed by atoms with Gasteiger partial charge in [0.2, 0.25) is 5.91 Å². The average Bonchev–Trinajstić information content (AvgIpc) is 2.81. The largest absolute Gasteiger partial charge is 0.493 e. The third-order valence-corrected chi connectivity index (χ3v) is 6.83. The lowest BCUT2D eigenvalue weighted by atomic mass is 9.87. The van der Waals surface area contributed by atoms with Crippen molar-refractivity contribution in [1.82, 2.24) is 10.6 Å². The Labute approximate surface area is 202 Å². The second-order valence-corrected chi connectivity index (χ2v) is 9.49. The van der Waals surface area contributed by atoms with Crippen molar-refractivity contribution in [2.24, 2.45) is 0 Å². The Morgan fingerprint density at radius 3 is 2.62 bits per heavy atom. The Balaban J connectivity index is 1.86. The highest BCUT2D eigenvalue weighted by Crippen LogP contribution is 2.36. The zero-order valence-electron chi connectivity index (χ0n) is 18.3. The number of benzene rings is 1. The van der Waals surface area contributed by atoms with E-state index in [1.807, 2.05) is 0 Å². The summed E-state index contributed by atoms with van der Waals surface area (Å²) in [4.78, 5) is 12.7. The van der Waals surface area contributed by atoms with Gasteiger partial charge in [-0.25, -0.2) is 0 Å². The third kappa shape index (κ3) is 6.34. The van der Waals surface area contributed by atoms with Crippen molar-refractivity contribution in [1.29, 1.82) is 0 Å². The van der Waals surface area contributed by atoms with Gasteiger partial charge in [0.05, 0.1) is 23.9 Å². The number of methoxy groups -OCH3 is 1. The first kappa shape index (κ1) is 25.2. The molecule has 5 N–H and O–H groups in total. The summed E-state index contributed by atoms with van der Waals surface area (Å²) >= 11 is 2.11. The van der Waals surface area contributed by atoms with Crippen LogP contribution in [0.4, 0.5) is 0 Å². The van der Waals surface area contributed by atoms with E-state index >= 15 is 0 Å². The smallest absolute Gasteiger partial charge is 0.247 e. The normalized spacial score (nSPS) is 24.0. The van der Waals surface area contributed by atoms with Gasteiger partial charge in [0.15, 0.2) is 11.5 Å². The molecule has 0 bridgehead atoms. The highest BCUT2D eigenvalue weighted by atomic mass is 127. The molecule has 2 aliphatic carbocycles. The number of carbonyl (C=O) groups is 1. The van der Waals surface area contributed by atoms with Crippen molar-refractivity contribution in [3.05, 3.63) is 32.9 Å². The van der Waals surface area contributed by atoms with Crippen molar-refractivity contribution in [3.8, 4) is 11.5 Å². The van der Waals surface area contributed by atoms with E-state index in [0.717, 1.165) is 29.3 Å². The highest BCUT2D eigenvalue weighted by molar-refractivity contribution is 14.1. The molecule has 32 heavy (non-hydrogen) atoms. The Morgan fingerprint density at radius 1 is 1.22 bits per heavy atom. The first-order valence-electron chi connectivity index (χ1n) is 11.1. The second kappa shape index (κ2) is 12.2. The first-order valence-corrected chi connectivity index (χ1v) is 12.2. The van der Waals surface area contributed by atoms with E-state index in [9.17, 15) is 15.0 Å². The van der Waals surface area contributed by atoms with Gasteiger partial charge in [0, 0.05) is 24.2 Å². The van der Waals surface area contributed by atoms with E-state index < -0.39 is 12.2 Å². The minimum Gasteiger partial charge on any atom is -0.493 e. The fourth-order valence-corrected chi connectivity index (χ4v) is 5.14. The zero-order chi connectivity index (χ0) is 23.1. The van der Waals surface area contributed by atoms with Gasteiger partial charge in [-0.2, -0.15) is 0 Å². The van der Waals surface area contributed by atoms with Crippen LogP contribution in [0.3, 0.4) is 0 Å². The van der Waals surface area contributed by atoms with Crippen LogP contribution in [0.1, 0.15) is 44.1 Å². The highest BCUT2D eigenvalue weighted by Gasteiger charge is 2.37. The number of rotatable bonds is 9. The number of aliphatic hydroxyl groups is 3. The maximum Gasteiger partial charge on any atom is 0.247 e. The minimum atomic E-state index is -0.857. The van der Waals surface area contributed by atoms with Gasteiger partial charge in [-0.1, -0.05) is 19.3 Å². The van der Waals surface area contributed by atoms with Crippen molar-refractivity contribution in [2.45, 2.75) is 69.4 Å².